The Morgan fingerprint density at radius 1 is 1.07 bits per heavy atom. The van der Waals surface area contributed by atoms with E-state index in [0.717, 1.165) is 22.3 Å². The summed E-state index contributed by atoms with van der Waals surface area (Å²) in [5, 5.41) is 11.8. The maximum Gasteiger partial charge on any atom is 0.407 e. The number of carbonyl (C=O) groups is 2. The smallest absolute Gasteiger partial charge is 0.407 e. The summed E-state index contributed by atoms with van der Waals surface area (Å²) in [5.41, 5.74) is 5.11. The standard InChI is InChI=1S/C24H23NO4/c1-3-9-16(4-2)14-22(23(26)27)25-24(28)29-15-21-19-12-7-5-10-17(19)18-11-6-8-13-20(18)21/h3-13,21-22H,1-2,14-15H2,(H,25,28)(H,26,27)/b16-9+/t22-/m0/s1. The van der Waals surface area contributed by atoms with E-state index in [1.165, 1.54) is 6.08 Å². The molecule has 5 nitrogen and oxygen atoms in total. The van der Waals surface area contributed by atoms with Gasteiger partial charge < -0.3 is 15.2 Å². The quantitative estimate of drug-likeness (QED) is 0.644. The van der Waals surface area contributed by atoms with Gasteiger partial charge in [-0.2, -0.15) is 0 Å². The Hall–Kier alpha value is -3.60. The zero-order valence-corrected chi connectivity index (χ0v) is 16.0. The van der Waals surface area contributed by atoms with Gasteiger partial charge in [-0.15, -0.1) is 0 Å². The van der Waals surface area contributed by atoms with Crippen molar-refractivity contribution < 1.29 is 19.4 Å². The van der Waals surface area contributed by atoms with Crippen LogP contribution in [0.4, 0.5) is 4.79 Å². The lowest BCUT2D eigenvalue weighted by molar-refractivity contribution is -0.139. The lowest BCUT2D eigenvalue weighted by atomic mass is 9.98. The predicted octanol–water partition coefficient (Wildman–Crippen LogP) is 4.67. The molecule has 0 heterocycles. The number of fused-ring (bicyclic) bond motifs is 3. The molecule has 0 fully saturated rings. The van der Waals surface area contributed by atoms with Gasteiger partial charge >= 0.3 is 12.1 Å². The van der Waals surface area contributed by atoms with E-state index in [9.17, 15) is 14.7 Å². The van der Waals surface area contributed by atoms with Crippen molar-refractivity contribution in [3.63, 3.8) is 0 Å². The fraction of sp³-hybridized carbons (Fsp3) is 0.167. The number of rotatable bonds is 8. The van der Waals surface area contributed by atoms with Crippen LogP contribution in [0.1, 0.15) is 23.5 Å². The van der Waals surface area contributed by atoms with E-state index < -0.39 is 18.1 Å². The second-order valence-corrected chi connectivity index (χ2v) is 6.75. The maximum atomic E-state index is 12.3. The van der Waals surface area contributed by atoms with Crippen molar-refractivity contribution in [2.75, 3.05) is 6.61 Å². The minimum atomic E-state index is -1.14. The highest BCUT2D eigenvalue weighted by molar-refractivity contribution is 5.81. The minimum Gasteiger partial charge on any atom is -0.480 e. The van der Waals surface area contributed by atoms with E-state index >= 15 is 0 Å². The second-order valence-electron chi connectivity index (χ2n) is 6.75. The van der Waals surface area contributed by atoms with Crippen molar-refractivity contribution in [2.24, 2.45) is 0 Å². The summed E-state index contributed by atoms with van der Waals surface area (Å²) in [7, 11) is 0. The number of allylic oxidation sites excluding steroid dienone is 3. The summed E-state index contributed by atoms with van der Waals surface area (Å²) in [4.78, 5) is 23.8. The number of hydrogen-bond donors (Lipinski definition) is 2. The molecule has 0 saturated heterocycles. The first-order valence-electron chi connectivity index (χ1n) is 9.33. The number of hydrogen-bond acceptors (Lipinski definition) is 3. The van der Waals surface area contributed by atoms with Crippen LogP contribution in [0.2, 0.25) is 0 Å². The number of benzene rings is 2. The normalized spacial score (nSPS) is 13.7. The van der Waals surface area contributed by atoms with Crippen LogP contribution in [-0.2, 0) is 9.53 Å². The highest BCUT2D eigenvalue weighted by atomic mass is 16.5. The Morgan fingerprint density at radius 2 is 1.66 bits per heavy atom. The number of carboxylic acid groups (broad SMARTS) is 1. The van der Waals surface area contributed by atoms with Gasteiger partial charge in [0.1, 0.15) is 12.6 Å². The zero-order chi connectivity index (χ0) is 20.8. The number of aliphatic carboxylic acids is 1. The van der Waals surface area contributed by atoms with E-state index in [1.807, 2.05) is 36.4 Å². The topological polar surface area (TPSA) is 75.6 Å². The summed E-state index contributed by atoms with van der Waals surface area (Å²) in [6.45, 7) is 7.37. The Kier molecular flexibility index (Phi) is 6.29. The molecule has 0 unspecified atom stereocenters. The van der Waals surface area contributed by atoms with Gasteiger partial charge in [0.05, 0.1) is 0 Å². The summed E-state index contributed by atoms with van der Waals surface area (Å²) < 4.78 is 5.42. The number of carbonyl (C=O) groups excluding carboxylic acids is 1. The van der Waals surface area contributed by atoms with Crippen LogP contribution in [0.5, 0.6) is 0 Å². The van der Waals surface area contributed by atoms with E-state index in [4.69, 9.17) is 4.74 Å². The maximum absolute atomic E-state index is 12.3. The Morgan fingerprint density at radius 3 is 2.17 bits per heavy atom. The fourth-order valence-corrected chi connectivity index (χ4v) is 3.59. The van der Waals surface area contributed by atoms with Gasteiger partial charge in [0.15, 0.2) is 0 Å². The number of amides is 1. The lowest BCUT2D eigenvalue weighted by Crippen LogP contribution is -2.41. The molecule has 0 saturated carbocycles. The van der Waals surface area contributed by atoms with Gasteiger partial charge in [-0.05, 0) is 27.8 Å². The lowest BCUT2D eigenvalue weighted by Gasteiger charge is -2.17. The van der Waals surface area contributed by atoms with Crippen LogP contribution in [0.25, 0.3) is 11.1 Å². The molecule has 148 valence electrons. The van der Waals surface area contributed by atoms with Gasteiger partial charge in [0.25, 0.3) is 0 Å². The average molecular weight is 389 g/mol. The summed E-state index contributed by atoms with van der Waals surface area (Å²) in [5.74, 6) is -1.23. The summed E-state index contributed by atoms with van der Waals surface area (Å²) in [6, 6.07) is 14.9. The molecule has 0 bridgehead atoms. The molecular weight excluding hydrogens is 366 g/mol. The first-order chi connectivity index (χ1) is 14.0. The molecule has 1 aliphatic carbocycles. The zero-order valence-electron chi connectivity index (χ0n) is 16.0. The molecule has 3 rings (SSSR count). The molecule has 2 aromatic carbocycles. The Balaban J connectivity index is 1.69. The Labute approximate surface area is 170 Å². The third-order valence-electron chi connectivity index (χ3n) is 4.97. The van der Waals surface area contributed by atoms with Crippen LogP contribution in [0, 0.1) is 0 Å². The SMILES string of the molecule is C=C/C=C(\C=C)C[C@H](NC(=O)OCC1c2ccccc2-c2ccccc21)C(=O)O. The van der Waals surface area contributed by atoms with Crippen LogP contribution < -0.4 is 5.32 Å². The fourth-order valence-electron chi connectivity index (χ4n) is 3.59. The highest BCUT2D eigenvalue weighted by Gasteiger charge is 2.29. The van der Waals surface area contributed by atoms with Gasteiger partial charge in [-0.3, -0.25) is 0 Å². The van der Waals surface area contributed by atoms with Crippen molar-refractivity contribution in [3.05, 3.63) is 96.6 Å². The van der Waals surface area contributed by atoms with E-state index in [1.54, 1.807) is 12.2 Å². The van der Waals surface area contributed by atoms with E-state index in [0.29, 0.717) is 5.57 Å². The molecule has 0 radical (unpaired) electrons. The largest absolute Gasteiger partial charge is 0.480 e. The van der Waals surface area contributed by atoms with Crippen molar-refractivity contribution >= 4 is 12.1 Å². The Bertz CT molecular complexity index is 931. The molecule has 29 heavy (non-hydrogen) atoms. The van der Waals surface area contributed by atoms with Crippen LogP contribution in [-0.4, -0.2) is 29.8 Å². The second kappa shape index (κ2) is 9.06. The van der Waals surface area contributed by atoms with Crippen LogP contribution >= 0.6 is 0 Å². The first-order valence-corrected chi connectivity index (χ1v) is 9.33. The van der Waals surface area contributed by atoms with Crippen molar-refractivity contribution in [1.29, 1.82) is 0 Å². The van der Waals surface area contributed by atoms with E-state index in [2.05, 4.69) is 30.6 Å². The molecule has 2 N–H and O–H groups in total. The van der Waals surface area contributed by atoms with Gasteiger partial charge in [-0.25, -0.2) is 9.59 Å². The van der Waals surface area contributed by atoms with Crippen molar-refractivity contribution in [3.8, 4) is 11.1 Å². The molecule has 0 aromatic heterocycles. The molecule has 5 heteroatoms. The number of nitrogens with one attached hydrogen (secondary N) is 1. The molecule has 2 aromatic rings. The third-order valence-corrected chi connectivity index (χ3v) is 4.97. The molecule has 0 spiro atoms. The predicted molar refractivity (Wildman–Crippen MR) is 113 cm³/mol. The highest BCUT2D eigenvalue weighted by Crippen LogP contribution is 2.44. The average Bonchev–Trinajstić information content (AvgIpc) is 3.05. The molecular formula is C24H23NO4. The summed E-state index contributed by atoms with van der Waals surface area (Å²) >= 11 is 0. The first kappa shape index (κ1) is 20.1. The molecule has 0 aliphatic heterocycles. The molecule has 1 atom stereocenters. The number of carboxylic acids is 1. The third kappa shape index (κ3) is 4.46. The molecule has 1 aliphatic rings. The van der Waals surface area contributed by atoms with E-state index in [-0.39, 0.29) is 18.9 Å². The molecule has 1 amide bonds. The van der Waals surface area contributed by atoms with Gasteiger partial charge in [-0.1, -0.05) is 79.9 Å². The summed E-state index contributed by atoms with van der Waals surface area (Å²) in [6.07, 6.45) is 4.07. The number of ether oxygens (including phenoxy) is 1. The monoisotopic (exact) mass is 389 g/mol. The van der Waals surface area contributed by atoms with Crippen LogP contribution in [0.3, 0.4) is 0 Å². The van der Waals surface area contributed by atoms with Gasteiger partial charge in [0, 0.05) is 12.3 Å². The van der Waals surface area contributed by atoms with Crippen molar-refractivity contribution in [2.45, 2.75) is 18.4 Å². The van der Waals surface area contributed by atoms with Gasteiger partial charge in [0.2, 0.25) is 0 Å². The van der Waals surface area contributed by atoms with Crippen LogP contribution in [0.15, 0.2) is 85.5 Å². The minimum absolute atomic E-state index is 0.0826. The van der Waals surface area contributed by atoms with Crippen molar-refractivity contribution in [1.82, 2.24) is 5.32 Å². The number of alkyl carbamates (subject to hydrolysis) is 1.